The molecule has 3 aliphatic rings. The van der Waals surface area contributed by atoms with Crippen molar-refractivity contribution in [1.29, 1.82) is 0 Å². The molecule has 0 saturated carbocycles. The molecule has 0 radical (unpaired) electrons. The lowest BCUT2D eigenvalue weighted by molar-refractivity contribution is -0.134. The number of sulfonamides is 1. The molecule has 0 saturated heterocycles. The molecule has 1 aliphatic heterocycles. The summed E-state index contributed by atoms with van der Waals surface area (Å²) < 4.78 is 33.5. The molecule has 9 nitrogen and oxygen atoms in total. The number of rotatable bonds is 9. The van der Waals surface area contributed by atoms with Crippen molar-refractivity contribution in [3.63, 3.8) is 0 Å². The fraction of sp³-hybridized carbons (Fsp3) is 0.382. The summed E-state index contributed by atoms with van der Waals surface area (Å²) in [6.45, 7) is 8.86. The van der Waals surface area contributed by atoms with Gasteiger partial charge in [-0.2, -0.15) is 0 Å². The Bertz CT molecular complexity index is 1700. The average Bonchev–Trinajstić information content (AvgIpc) is 3.66. The van der Waals surface area contributed by atoms with Gasteiger partial charge in [0.25, 0.3) is 15.9 Å². The predicted octanol–water partition coefficient (Wildman–Crippen LogP) is 5.49. The molecule has 2 aliphatic carbocycles. The first kappa shape index (κ1) is 31.3. The standard InChI is InChI=1S/C34H39N3O6S/c1-6-22(17-18-37-31(38)28-20-25(43-5)15-16-29(28)34(3,4)32(37)39)14-13-21(2)44(41,42)36-33(40)35-30-26-11-7-9-23(26)19-24-10-8-12-27(24)30/h6,13-16,19-20H,1,7-12,17-18H2,2-5H3,(H2,35,36,40)/b21-13+,22-14+. The second kappa shape index (κ2) is 12.1. The van der Waals surface area contributed by atoms with Crippen LogP contribution in [-0.4, -0.2) is 44.8 Å². The Morgan fingerprint density at radius 3 is 2.32 bits per heavy atom. The molecule has 1 heterocycles. The largest absolute Gasteiger partial charge is 0.497 e. The number of amides is 4. The molecule has 5 rings (SSSR count). The number of carbonyl (C=O) groups is 3. The van der Waals surface area contributed by atoms with Crippen molar-refractivity contribution in [2.75, 3.05) is 19.0 Å². The third-order valence-corrected chi connectivity index (χ3v) is 10.4. The van der Waals surface area contributed by atoms with Gasteiger partial charge in [0.05, 0.1) is 17.4 Å². The van der Waals surface area contributed by atoms with Crippen molar-refractivity contribution in [2.45, 2.75) is 71.1 Å². The van der Waals surface area contributed by atoms with Crippen molar-refractivity contribution in [2.24, 2.45) is 0 Å². The lowest BCUT2D eigenvalue weighted by Gasteiger charge is -2.37. The first-order chi connectivity index (χ1) is 20.9. The van der Waals surface area contributed by atoms with Crippen LogP contribution in [0.25, 0.3) is 0 Å². The van der Waals surface area contributed by atoms with E-state index in [0.29, 0.717) is 22.4 Å². The second-order valence-electron chi connectivity index (χ2n) is 12.1. The van der Waals surface area contributed by atoms with Crippen LogP contribution in [0.4, 0.5) is 10.5 Å². The normalized spacial score (nSPS) is 17.6. The zero-order valence-corrected chi connectivity index (χ0v) is 26.5. The van der Waals surface area contributed by atoms with E-state index in [4.69, 9.17) is 4.74 Å². The maximum Gasteiger partial charge on any atom is 0.333 e. The Balaban J connectivity index is 1.27. The van der Waals surface area contributed by atoms with Crippen molar-refractivity contribution >= 4 is 33.6 Å². The maximum atomic E-state index is 13.3. The molecule has 4 amide bonds. The number of aryl methyl sites for hydroxylation is 2. The first-order valence-electron chi connectivity index (χ1n) is 14.9. The van der Waals surface area contributed by atoms with E-state index in [2.05, 4.69) is 22.7 Å². The van der Waals surface area contributed by atoms with Gasteiger partial charge in [0.15, 0.2) is 0 Å². The first-order valence-corrected chi connectivity index (χ1v) is 16.4. The number of nitrogens with one attached hydrogen (secondary N) is 2. The number of hydrogen-bond acceptors (Lipinski definition) is 6. The van der Waals surface area contributed by atoms with Crippen LogP contribution in [0.15, 0.2) is 59.6 Å². The minimum absolute atomic E-state index is 0.0669. The monoisotopic (exact) mass is 617 g/mol. The molecule has 0 spiro atoms. The summed E-state index contributed by atoms with van der Waals surface area (Å²) in [7, 11) is -2.61. The summed E-state index contributed by atoms with van der Waals surface area (Å²) in [6.07, 6.45) is 10.5. The molecule has 2 aromatic carbocycles. The lowest BCUT2D eigenvalue weighted by Crippen LogP contribution is -2.52. The number of imide groups is 1. The van der Waals surface area contributed by atoms with Gasteiger partial charge in [-0.05, 0) is 117 Å². The molecule has 10 heteroatoms. The summed E-state index contributed by atoms with van der Waals surface area (Å²) >= 11 is 0. The van der Waals surface area contributed by atoms with E-state index in [1.165, 1.54) is 36.1 Å². The SMILES string of the molecule is C=C/C(=C\C=C(/C)S(=O)(=O)NC(=O)Nc1c2c(cc3c1CCC3)CCC2)CCN1C(=O)c2cc(OC)ccc2C(C)(C)C1=O. The Hall–Kier alpha value is -4.18. The number of allylic oxidation sites excluding steroid dienone is 4. The average molecular weight is 618 g/mol. The van der Waals surface area contributed by atoms with E-state index < -0.39 is 27.4 Å². The summed E-state index contributed by atoms with van der Waals surface area (Å²) in [5.41, 5.74) is 6.23. The van der Waals surface area contributed by atoms with Crippen LogP contribution in [0.5, 0.6) is 5.75 Å². The highest BCUT2D eigenvalue weighted by molar-refractivity contribution is 7.93. The number of fused-ring (bicyclic) bond motifs is 3. The molecular weight excluding hydrogens is 578 g/mol. The summed E-state index contributed by atoms with van der Waals surface area (Å²) in [4.78, 5) is 40.7. The van der Waals surface area contributed by atoms with E-state index in [1.807, 2.05) is 0 Å². The van der Waals surface area contributed by atoms with Crippen LogP contribution in [-0.2, 0) is 45.9 Å². The van der Waals surface area contributed by atoms with E-state index in [0.717, 1.165) is 55.3 Å². The Morgan fingerprint density at radius 1 is 1.05 bits per heavy atom. The quantitative estimate of drug-likeness (QED) is 0.284. The zero-order valence-electron chi connectivity index (χ0n) is 25.7. The van der Waals surface area contributed by atoms with Crippen LogP contribution >= 0.6 is 0 Å². The summed E-state index contributed by atoms with van der Waals surface area (Å²) in [5, 5.41) is 2.85. The molecule has 0 unspecified atom stereocenters. The van der Waals surface area contributed by atoms with E-state index in [1.54, 1.807) is 44.2 Å². The molecule has 2 aromatic rings. The highest BCUT2D eigenvalue weighted by Gasteiger charge is 2.44. The topological polar surface area (TPSA) is 122 Å². The molecule has 44 heavy (non-hydrogen) atoms. The van der Waals surface area contributed by atoms with Gasteiger partial charge in [-0.15, -0.1) is 0 Å². The van der Waals surface area contributed by atoms with Crippen LogP contribution < -0.4 is 14.8 Å². The number of methoxy groups -OCH3 is 1. The second-order valence-corrected chi connectivity index (χ2v) is 13.9. The van der Waals surface area contributed by atoms with E-state index in [9.17, 15) is 22.8 Å². The number of anilines is 1. The summed E-state index contributed by atoms with van der Waals surface area (Å²) in [6, 6.07) is 6.58. The molecule has 232 valence electrons. The highest BCUT2D eigenvalue weighted by atomic mass is 32.2. The number of benzene rings is 2. The van der Waals surface area contributed by atoms with Gasteiger partial charge in [0.1, 0.15) is 5.75 Å². The van der Waals surface area contributed by atoms with Crippen molar-refractivity contribution < 1.29 is 27.5 Å². The minimum atomic E-state index is -4.13. The highest BCUT2D eigenvalue weighted by Crippen LogP contribution is 2.39. The maximum absolute atomic E-state index is 13.3. The third-order valence-electron chi connectivity index (χ3n) is 8.94. The molecule has 0 aromatic heterocycles. The van der Waals surface area contributed by atoms with Crippen LogP contribution in [0.1, 0.15) is 78.2 Å². The Morgan fingerprint density at radius 2 is 1.70 bits per heavy atom. The number of ether oxygens (including phenoxy) is 1. The van der Waals surface area contributed by atoms with E-state index in [-0.39, 0.29) is 23.8 Å². The molecule has 0 atom stereocenters. The minimum Gasteiger partial charge on any atom is -0.497 e. The van der Waals surface area contributed by atoms with Gasteiger partial charge < -0.3 is 10.1 Å². The Labute approximate surface area is 259 Å². The Kier molecular flexibility index (Phi) is 8.57. The fourth-order valence-corrected chi connectivity index (χ4v) is 7.09. The van der Waals surface area contributed by atoms with Gasteiger partial charge >= 0.3 is 6.03 Å². The zero-order chi connectivity index (χ0) is 31.8. The number of urea groups is 1. The number of hydrogen-bond donors (Lipinski definition) is 2. The van der Waals surface area contributed by atoms with Crippen molar-refractivity contribution in [1.82, 2.24) is 9.62 Å². The third kappa shape index (κ3) is 5.83. The smallest absolute Gasteiger partial charge is 0.333 e. The van der Waals surface area contributed by atoms with Gasteiger partial charge in [-0.1, -0.05) is 30.9 Å². The van der Waals surface area contributed by atoms with Crippen molar-refractivity contribution in [3.05, 3.63) is 92.9 Å². The molecule has 0 bridgehead atoms. The van der Waals surface area contributed by atoms with Gasteiger partial charge in [-0.3, -0.25) is 14.5 Å². The number of nitrogens with zero attached hydrogens (tertiary/aromatic N) is 1. The van der Waals surface area contributed by atoms with Gasteiger partial charge in [0.2, 0.25) is 5.91 Å². The predicted molar refractivity (Wildman–Crippen MR) is 170 cm³/mol. The fourth-order valence-electron chi connectivity index (χ4n) is 6.38. The van der Waals surface area contributed by atoms with Gasteiger partial charge in [-0.25, -0.2) is 17.9 Å². The van der Waals surface area contributed by atoms with Crippen LogP contribution in [0.2, 0.25) is 0 Å². The molecule has 0 fully saturated rings. The summed E-state index contributed by atoms with van der Waals surface area (Å²) in [5.74, 6) is -0.205. The van der Waals surface area contributed by atoms with Crippen molar-refractivity contribution in [3.8, 4) is 5.75 Å². The molecular formula is C34H39N3O6S. The van der Waals surface area contributed by atoms with Crippen LogP contribution in [0.3, 0.4) is 0 Å². The van der Waals surface area contributed by atoms with Crippen LogP contribution in [0, 0.1) is 0 Å². The van der Waals surface area contributed by atoms with E-state index >= 15 is 0 Å². The number of carbonyl (C=O) groups excluding carboxylic acids is 3. The lowest BCUT2D eigenvalue weighted by atomic mass is 9.77. The molecule has 2 N–H and O–H groups in total. The van der Waals surface area contributed by atoms with Gasteiger partial charge in [0, 0.05) is 17.8 Å².